The van der Waals surface area contributed by atoms with Gasteiger partial charge in [-0.15, -0.1) is 17.7 Å². The van der Waals surface area contributed by atoms with Gasteiger partial charge in [0.05, 0.1) is 35.6 Å². The first-order valence-electron chi connectivity index (χ1n) is 8.67. The van der Waals surface area contributed by atoms with Crippen LogP contribution in [0.5, 0.6) is 0 Å². The van der Waals surface area contributed by atoms with Crippen molar-refractivity contribution in [3.8, 4) is 23.1 Å². The molecule has 0 fully saturated rings. The maximum Gasteiger partial charge on any atom is 0.186 e. The lowest BCUT2D eigenvalue weighted by atomic mass is 10.1. The number of aryl methyl sites for hydroxylation is 1. The van der Waals surface area contributed by atoms with E-state index in [4.69, 9.17) is 17.9 Å². The van der Waals surface area contributed by atoms with Gasteiger partial charge in [-0.2, -0.15) is 10.4 Å². The highest BCUT2D eigenvalue weighted by Gasteiger charge is 2.18. The Morgan fingerprint density at radius 2 is 1.89 bits per heavy atom. The normalized spacial score (nSPS) is 10.8. The van der Waals surface area contributed by atoms with E-state index >= 15 is 0 Å². The number of rotatable bonds is 4. The average Bonchev–Trinajstić information content (AvgIpc) is 3.31. The third-order valence-electron chi connectivity index (χ3n) is 4.74. The number of nitrogens with zero attached hydrogens (tertiary/aromatic N) is 7. The molecule has 0 amide bonds. The summed E-state index contributed by atoms with van der Waals surface area (Å²) in [6.07, 6.45) is 1.73. The van der Waals surface area contributed by atoms with Crippen LogP contribution >= 0.6 is 12.6 Å². The van der Waals surface area contributed by atoms with Gasteiger partial charge in [-0.1, -0.05) is 24.3 Å². The first-order valence-corrected chi connectivity index (χ1v) is 9.12. The highest BCUT2D eigenvalue weighted by Crippen LogP contribution is 2.28. The van der Waals surface area contributed by atoms with Crippen LogP contribution < -0.4 is 0 Å². The summed E-state index contributed by atoms with van der Waals surface area (Å²) in [6, 6.07) is 15.5. The minimum absolute atomic E-state index is 0.482. The van der Waals surface area contributed by atoms with Crippen molar-refractivity contribution in [2.75, 3.05) is 0 Å². The van der Waals surface area contributed by atoms with E-state index in [9.17, 15) is 0 Å². The Morgan fingerprint density at radius 1 is 1.11 bits per heavy atom. The second-order valence-electron chi connectivity index (χ2n) is 6.48. The van der Waals surface area contributed by atoms with Gasteiger partial charge in [0.1, 0.15) is 5.03 Å². The summed E-state index contributed by atoms with van der Waals surface area (Å²) in [6.45, 7) is 4.61. The molecular formula is C20H17N7S. The molecule has 0 bridgehead atoms. The number of thiol groups is 1. The van der Waals surface area contributed by atoms with Gasteiger partial charge in [0, 0.05) is 0 Å². The van der Waals surface area contributed by atoms with Crippen LogP contribution in [0.15, 0.2) is 53.7 Å². The number of aromatic nitrogens is 6. The van der Waals surface area contributed by atoms with Crippen molar-refractivity contribution in [2.45, 2.75) is 25.4 Å². The van der Waals surface area contributed by atoms with E-state index in [1.165, 1.54) is 5.56 Å². The van der Waals surface area contributed by atoms with Crippen LogP contribution in [-0.4, -0.2) is 30.0 Å². The summed E-state index contributed by atoms with van der Waals surface area (Å²) in [5, 5.41) is 26.2. The van der Waals surface area contributed by atoms with Crippen molar-refractivity contribution in [1.29, 1.82) is 5.26 Å². The molecule has 4 aromatic rings. The Hall–Kier alpha value is -3.44. The van der Waals surface area contributed by atoms with Crippen LogP contribution in [0.1, 0.15) is 22.3 Å². The van der Waals surface area contributed by atoms with Gasteiger partial charge in [0.15, 0.2) is 5.82 Å². The zero-order valence-corrected chi connectivity index (χ0v) is 16.3. The predicted molar refractivity (Wildman–Crippen MR) is 107 cm³/mol. The van der Waals surface area contributed by atoms with Gasteiger partial charge in [0.25, 0.3) is 0 Å². The van der Waals surface area contributed by atoms with Crippen molar-refractivity contribution >= 4 is 12.6 Å². The second-order valence-corrected chi connectivity index (χ2v) is 6.91. The standard InChI is InChI=1S/C20H17N7S/c1-13-4-3-5-18(14(13)2)27-20(28)17(11-22-27)19-23-24-25-26(19)12-16-8-6-15(10-21)7-9-16/h3-9,11,28H,12H2,1-2H3. The lowest BCUT2D eigenvalue weighted by Crippen LogP contribution is -2.05. The molecule has 2 heterocycles. The predicted octanol–water partition coefficient (Wildman–Crippen LogP) is 3.35. The molecule has 4 rings (SSSR count). The number of tetrazole rings is 1. The molecule has 0 unspecified atom stereocenters. The molecule has 0 atom stereocenters. The maximum absolute atomic E-state index is 8.94. The first-order chi connectivity index (χ1) is 13.6. The van der Waals surface area contributed by atoms with Crippen LogP contribution in [0.2, 0.25) is 0 Å². The van der Waals surface area contributed by atoms with Gasteiger partial charge in [-0.25, -0.2) is 9.36 Å². The summed E-state index contributed by atoms with van der Waals surface area (Å²) >= 11 is 4.70. The Kier molecular flexibility index (Phi) is 4.67. The van der Waals surface area contributed by atoms with E-state index in [-0.39, 0.29) is 0 Å². The zero-order valence-electron chi connectivity index (χ0n) is 15.4. The Balaban J connectivity index is 1.70. The third-order valence-corrected chi connectivity index (χ3v) is 5.17. The third kappa shape index (κ3) is 3.17. The highest BCUT2D eigenvalue weighted by atomic mass is 32.1. The summed E-state index contributed by atoms with van der Waals surface area (Å²) < 4.78 is 3.49. The second kappa shape index (κ2) is 7.29. The van der Waals surface area contributed by atoms with Crippen LogP contribution in [-0.2, 0) is 6.54 Å². The topological polar surface area (TPSA) is 85.2 Å². The van der Waals surface area contributed by atoms with E-state index in [1.807, 2.05) is 24.3 Å². The monoisotopic (exact) mass is 387 g/mol. The number of nitriles is 1. The molecule has 28 heavy (non-hydrogen) atoms. The summed E-state index contributed by atoms with van der Waals surface area (Å²) in [5.74, 6) is 0.589. The molecule has 0 aliphatic heterocycles. The molecule has 0 spiro atoms. The number of benzene rings is 2. The zero-order chi connectivity index (χ0) is 19.7. The van der Waals surface area contributed by atoms with Crippen LogP contribution in [0.25, 0.3) is 17.1 Å². The smallest absolute Gasteiger partial charge is 0.186 e. The van der Waals surface area contributed by atoms with Crippen molar-refractivity contribution in [3.63, 3.8) is 0 Å². The van der Waals surface area contributed by atoms with Gasteiger partial charge < -0.3 is 0 Å². The molecule has 7 nitrogen and oxygen atoms in total. The number of hydrogen-bond acceptors (Lipinski definition) is 6. The molecule has 0 aliphatic carbocycles. The van der Waals surface area contributed by atoms with E-state index in [0.717, 1.165) is 22.4 Å². The Morgan fingerprint density at radius 3 is 2.64 bits per heavy atom. The van der Waals surface area contributed by atoms with Crippen LogP contribution in [0, 0.1) is 25.2 Å². The molecule has 0 saturated heterocycles. The average molecular weight is 387 g/mol. The fourth-order valence-electron chi connectivity index (χ4n) is 3.00. The summed E-state index contributed by atoms with van der Waals surface area (Å²) in [4.78, 5) is 0. The molecule has 2 aromatic heterocycles. The highest BCUT2D eigenvalue weighted by molar-refractivity contribution is 7.80. The van der Waals surface area contributed by atoms with Gasteiger partial charge in [0.2, 0.25) is 0 Å². The lowest BCUT2D eigenvalue weighted by Gasteiger charge is -2.10. The molecule has 2 aromatic carbocycles. The van der Waals surface area contributed by atoms with E-state index in [1.54, 1.807) is 27.7 Å². The molecule has 0 aliphatic rings. The molecule has 8 heteroatoms. The quantitative estimate of drug-likeness (QED) is 0.543. The SMILES string of the molecule is Cc1cccc(-n2ncc(-c3nnnn3Cc3ccc(C#N)cc3)c2S)c1C. The molecular weight excluding hydrogens is 370 g/mol. The maximum atomic E-state index is 8.94. The Labute approximate surface area is 167 Å². The fourth-order valence-corrected chi connectivity index (χ4v) is 3.32. The summed E-state index contributed by atoms with van der Waals surface area (Å²) in [5.41, 5.74) is 5.67. The van der Waals surface area contributed by atoms with Crippen molar-refractivity contribution in [2.24, 2.45) is 0 Å². The lowest BCUT2D eigenvalue weighted by molar-refractivity contribution is 0.652. The molecule has 0 radical (unpaired) electrons. The van der Waals surface area contributed by atoms with Gasteiger partial charge in [-0.05, 0) is 59.2 Å². The van der Waals surface area contributed by atoms with E-state index in [0.29, 0.717) is 23.0 Å². The molecule has 0 N–H and O–H groups in total. The van der Waals surface area contributed by atoms with Gasteiger partial charge >= 0.3 is 0 Å². The number of hydrogen-bond donors (Lipinski definition) is 1. The Bertz CT molecular complexity index is 1180. The largest absolute Gasteiger partial charge is 0.226 e. The van der Waals surface area contributed by atoms with Crippen LogP contribution in [0.3, 0.4) is 0 Å². The van der Waals surface area contributed by atoms with E-state index in [2.05, 4.69) is 46.6 Å². The molecule has 138 valence electrons. The first kappa shape index (κ1) is 17.9. The van der Waals surface area contributed by atoms with E-state index < -0.39 is 0 Å². The van der Waals surface area contributed by atoms with Gasteiger partial charge in [-0.3, -0.25) is 0 Å². The minimum Gasteiger partial charge on any atom is -0.226 e. The minimum atomic E-state index is 0.482. The summed E-state index contributed by atoms with van der Waals surface area (Å²) in [7, 11) is 0. The fraction of sp³-hybridized carbons (Fsp3) is 0.150. The van der Waals surface area contributed by atoms with Crippen molar-refractivity contribution in [1.82, 2.24) is 30.0 Å². The van der Waals surface area contributed by atoms with Crippen molar-refractivity contribution < 1.29 is 0 Å². The van der Waals surface area contributed by atoms with Crippen LogP contribution in [0.4, 0.5) is 0 Å². The molecule has 0 saturated carbocycles. The van der Waals surface area contributed by atoms with Crippen molar-refractivity contribution in [3.05, 3.63) is 70.9 Å².